The predicted octanol–water partition coefficient (Wildman–Crippen LogP) is 1.25. The van der Waals surface area contributed by atoms with Crippen LogP contribution in [0.5, 0.6) is 0 Å². The molecule has 3 heteroatoms. The lowest BCUT2D eigenvalue weighted by Gasteiger charge is -1.98. The molecule has 2 aromatic rings. The van der Waals surface area contributed by atoms with E-state index in [1.807, 2.05) is 12.1 Å². The van der Waals surface area contributed by atoms with E-state index in [2.05, 4.69) is 0 Å². The van der Waals surface area contributed by atoms with E-state index in [0.29, 0.717) is 11.1 Å². The van der Waals surface area contributed by atoms with Gasteiger partial charge >= 0.3 is 5.63 Å². The average Bonchev–Trinajstić information content (AvgIpc) is 2.18. The largest absolute Gasteiger partial charge is 0.426 e. The summed E-state index contributed by atoms with van der Waals surface area (Å²) in [6.07, 6.45) is 0. The van der Waals surface area contributed by atoms with E-state index in [0.717, 1.165) is 5.39 Å². The predicted molar refractivity (Wildman–Crippen MR) is 50.4 cm³/mol. The van der Waals surface area contributed by atoms with E-state index in [1.54, 1.807) is 18.2 Å². The van der Waals surface area contributed by atoms with Gasteiger partial charge in [0, 0.05) is 0 Å². The van der Waals surface area contributed by atoms with Crippen molar-refractivity contribution in [3.8, 4) is 0 Å². The Morgan fingerprint density at radius 2 is 2.08 bits per heavy atom. The van der Waals surface area contributed by atoms with Gasteiger partial charge in [-0.1, -0.05) is 18.2 Å². The molecule has 0 bridgehead atoms. The van der Waals surface area contributed by atoms with E-state index < -0.39 is 0 Å². The zero-order valence-corrected chi connectivity index (χ0v) is 6.99. The van der Waals surface area contributed by atoms with Crippen molar-refractivity contribution >= 4 is 10.8 Å². The van der Waals surface area contributed by atoms with Gasteiger partial charge in [-0.05, 0) is 17.5 Å². The van der Waals surface area contributed by atoms with E-state index in [9.17, 15) is 4.79 Å². The first-order valence-electron chi connectivity index (χ1n) is 4.03. The summed E-state index contributed by atoms with van der Waals surface area (Å²) in [5.41, 5.74) is 5.06. The molecule has 2 N–H and O–H groups in total. The summed E-state index contributed by atoms with van der Waals surface area (Å²) in [4.78, 5) is 11.3. The van der Waals surface area contributed by atoms with E-state index in [-0.39, 0.29) is 12.2 Å². The summed E-state index contributed by atoms with van der Waals surface area (Å²) >= 11 is 0. The van der Waals surface area contributed by atoms with E-state index in [1.165, 1.54) is 0 Å². The summed E-state index contributed by atoms with van der Waals surface area (Å²) in [7, 11) is 0. The van der Waals surface area contributed by atoms with Gasteiger partial charge < -0.3 is 10.2 Å². The summed E-state index contributed by atoms with van der Waals surface area (Å²) in [5.74, 6) is 0.517. The monoisotopic (exact) mass is 175 g/mol. The standard InChI is InChI=1S/C10H9NO2/c11-6-8-5-7-3-1-2-4-9(7)10(12)13-8/h1-5H,6,11H2. The van der Waals surface area contributed by atoms with Crippen LogP contribution in [0, 0.1) is 0 Å². The molecule has 66 valence electrons. The first kappa shape index (κ1) is 8.01. The zero-order valence-electron chi connectivity index (χ0n) is 6.99. The Morgan fingerprint density at radius 1 is 1.31 bits per heavy atom. The highest BCUT2D eigenvalue weighted by Crippen LogP contribution is 2.10. The Balaban J connectivity index is 2.85. The van der Waals surface area contributed by atoms with Crippen LogP contribution in [0.1, 0.15) is 5.76 Å². The Morgan fingerprint density at radius 3 is 2.85 bits per heavy atom. The van der Waals surface area contributed by atoms with Crippen molar-refractivity contribution < 1.29 is 4.42 Å². The zero-order chi connectivity index (χ0) is 9.26. The maximum atomic E-state index is 11.3. The number of hydrogen-bond acceptors (Lipinski definition) is 3. The van der Waals surface area contributed by atoms with Crippen molar-refractivity contribution in [2.75, 3.05) is 0 Å². The molecule has 1 heterocycles. The van der Waals surface area contributed by atoms with Gasteiger partial charge in [0.25, 0.3) is 0 Å². The van der Waals surface area contributed by atoms with Crippen LogP contribution in [-0.2, 0) is 6.54 Å². The van der Waals surface area contributed by atoms with Crippen LogP contribution >= 0.6 is 0 Å². The topological polar surface area (TPSA) is 56.2 Å². The van der Waals surface area contributed by atoms with Crippen LogP contribution < -0.4 is 11.4 Å². The second kappa shape index (κ2) is 3.03. The summed E-state index contributed by atoms with van der Waals surface area (Å²) in [6, 6.07) is 9.08. The second-order valence-electron chi connectivity index (χ2n) is 2.79. The molecule has 13 heavy (non-hydrogen) atoms. The minimum atomic E-state index is -0.321. The highest BCUT2D eigenvalue weighted by molar-refractivity contribution is 5.81. The maximum absolute atomic E-state index is 11.3. The van der Waals surface area contributed by atoms with Crippen molar-refractivity contribution in [1.29, 1.82) is 0 Å². The molecule has 1 aromatic carbocycles. The highest BCUT2D eigenvalue weighted by atomic mass is 16.4. The summed E-state index contributed by atoms with van der Waals surface area (Å²) in [5, 5.41) is 1.47. The Kier molecular flexibility index (Phi) is 1.87. The molecule has 0 aliphatic heterocycles. The second-order valence-corrected chi connectivity index (χ2v) is 2.79. The molecule has 0 amide bonds. The molecule has 0 spiro atoms. The van der Waals surface area contributed by atoms with Crippen molar-refractivity contribution in [2.45, 2.75) is 6.54 Å². The van der Waals surface area contributed by atoms with Crippen LogP contribution in [0.25, 0.3) is 10.8 Å². The SMILES string of the molecule is NCc1cc2ccccc2c(=O)o1. The van der Waals surface area contributed by atoms with E-state index >= 15 is 0 Å². The van der Waals surface area contributed by atoms with Crippen molar-refractivity contribution in [2.24, 2.45) is 5.73 Å². The minimum absolute atomic E-state index is 0.250. The fraction of sp³-hybridized carbons (Fsp3) is 0.100. The molecular weight excluding hydrogens is 166 g/mol. The van der Waals surface area contributed by atoms with Crippen LogP contribution in [0.2, 0.25) is 0 Å². The molecule has 0 aliphatic rings. The normalized spacial score (nSPS) is 10.5. The van der Waals surface area contributed by atoms with Crippen LogP contribution in [-0.4, -0.2) is 0 Å². The molecule has 0 unspecified atom stereocenters. The smallest absolute Gasteiger partial charge is 0.343 e. The van der Waals surface area contributed by atoms with Crippen molar-refractivity contribution in [1.82, 2.24) is 0 Å². The lowest BCUT2D eigenvalue weighted by molar-refractivity contribution is 0.469. The van der Waals surface area contributed by atoms with Gasteiger partial charge in [-0.25, -0.2) is 4.79 Å². The van der Waals surface area contributed by atoms with Crippen molar-refractivity contribution in [3.05, 3.63) is 46.5 Å². The van der Waals surface area contributed by atoms with Gasteiger partial charge in [0.15, 0.2) is 0 Å². The Bertz CT molecular complexity index is 487. The van der Waals surface area contributed by atoms with Gasteiger partial charge in [0.1, 0.15) is 5.76 Å². The molecule has 0 fully saturated rings. The van der Waals surface area contributed by atoms with Crippen molar-refractivity contribution in [3.63, 3.8) is 0 Å². The first-order chi connectivity index (χ1) is 6.31. The number of nitrogens with two attached hydrogens (primary N) is 1. The van der Waals surface area contributed by atoms with Gasteiger partial charge in [-0.2, -0.15) is 0 Å². The van der Waals surface area contributed by atoms with Gasteiger partial charge in [-0.15, -0.1) is 0 Å². The average molecular weight is 175 g/mol. The molecule has 3 nitrogen and oxygen atoms in total. The quantitative estimate of drug-likeness (QED) is 0.709. The minimum Gasteiger partial charge on any atom is -0.426 e. The maximum Gasteiger partial charge on any atom is 0.343 e. The van der Waals surface area contributed by atoms with Gasteiger partial charge in [0.2, 0.25) is 0 Å². The third kappa shape index (κ3) is 1.34. The molecule has 0 saturated heterocycles. The van der Waals surface area contributed by atoms with Gasteiger partial charge in [0.05, 0.1) is 11.9 Å². The number of hydrogen-bond donors (Lipinski definition) is 1. The Hall–Kier alpha value is -1.61. The van der Waals surface area contributed by atoms with E-state index in [4.69, 9.17) is 10.2 Å². The number of fused-ring (bicyclic) bond motifs is 1. The molecule has 1 aromatic heterocycles. The third-order valence-corrected chi connectivity index (χ3v) is 1.92. The Labute approximate surface area is 74.8 Å². The molecule has 0 atom stereocenters. The first-order valence-corrected chi connectivity index (χ1v) is 4.03. The molecular formula is C10H9NO2. The third-order valence-electron chi connectivity index (χ3n) is 1.92. The number of rotatable bonds is 1. The van der Waals surface area contributed by atoms with Crippen LogP contribution in [0.3, 0.4) is 0 Å². The van der Waals surface area contributed by atoms with Crippen LogP contribution in [0.15, 0.2) is 39.5 Å². The lowest BCUT2D eigenvalue weighted by atomic mass is 10.2. The van der Waals surface area contributed by atoms with Crippen LogP contribution in [0.4, 0.5) is 0 Å². The summed E-state index contributed by atoms with van der Waals surface area (Å²) < 4.78 is 4.96. The number of benzene rings is 1. The fourth-order valence-corrected chi connectivity index (χ4v) is 1.29. The fourth-order valence-electron chi connectivity index (χ4n) is 1.29. The lowest BCUT2D eigenvalue weighted by Crippen LogP contribution is -2.05. The molecule has 0 radical (unpaired) electrons. The molecule has 2 rings (SSSR count). The molecule has 0 saturated carbocycles. The molecule has 0 aliphatic carbocycles. The summed E-state index contributed by atoms with van der Waals surface area (Å²) in [6.45, 7) is 0.250. The van der Waals surface area contributed by atoms with Gasteiger partial charge in [-0.3, -0.25) is 0 Å². The highest BCUT2D eigenvalue weighted by Gasteiger charge is 2.01.